The Morgan fingerprint density at radius 1 is 0.823 bits per heavy atom. The van der Waals surface area contributed by atoms with Gasteiger partial charge in [-0.05, 0) is 107 Å². The molecule has 0 radical (unpaired) electrons. The lowest BCUT2D eigenvalue weighted by molar-refractivity contribution is -0.134. The van der Waals surface area contributed by atoms with Crippen molar-refractivity contribution in [3.05, 3.63) is 77.1 Å². The van der Waals surface area contributed by atoms with E-state index in [0.29, 0.717) is 72.0 Å². The number of benzene rings is 2. The molecular formula is C46H52F2N10O4. The molecule has 2 N–H and O–H groups in total. The summed E-state index contributed by atoms with van der Waals surface area (Å²) in [5.41, 5.74) is 5.75. The number of imide groups is 1. The third-order valence-electron chi connectivity index (χ3n) is 13.9. The summed E-state index contributed by atoms with van der Waals surface area (Å²) in [5.74, 6) is -1.86. The van der Waals surface area contributed by atoms with E-state index in [1.165, 1.54) is 12.1 Å². The molecular weight excluding hydrogens is 795 g/mol. The van der Waals surface area contributed by atoms with Crippen molar-refractivity contribution in [2.75, 3.05) is 54.4 Å². The lowest BCUT2D eigenvalue weighted by Gasteiger charge is -2.47. The van der Waals surface area contributed by atoms with Crippen molar-refractivity contribution in [2.24, 2.45) is 18.9 Å². The number of hydrogen-bond acceptors (Lipinski definition) is 10. The lowest BCUT2D eigenvalue weighted by atomic mass is 9.89. The number of imidazole rings is 1. The first kappa shape index (κ1) is 40.2. The first-order chi connectivity index (χ1) is 29.9. The van der Waals surface area contributed by atoms with Crippen molar-refractivity contribution in [2.45, 2.75) is 83.3 Å². The van der Waals surface area contributed by atoms with Crippen molar-refractivity contribution in [1.29, 1.82) is 0 Å². The van der Waals surface area contributed by atoms with Crippen LogP contribution in [0.25, 0.3) is 22.3 Å². The van der Waals surface area contributed by atoms with Crippen LogP contribution in [-0.4, -0.2) is 98.4 Å². The number of piperazine rings is 1. The average Bonchev–Trinajstić information content (AvgIpc) is 3.96. The quantitative estimate of drug-likeness (QED) is 0.202. The molecule has 3 saturated heterocycles. The number of fused-ring (bicyclic) bond motifs is 9. The molecule has 3 amide bonds. The van der Waals surface area contributed by atoms with E-state index in [0.717, 1.165) is 80.6 Å². The molecule has 2 unspecified atom stereocenters. The fraction of sp³-hybridized carbons (Fsp3) is 0.478. The number of hydrogen-bond donors (Lipinski definition) is 2. The van der Waals surface area contributed by atoms with E-state index in [-0.39, 0.29) is 30.4 Å². The molecule has 7 heterocycles. The Hall–Kier alpha value is -5.90. The summed E-state index contributed by atoms with van der Waals surface area (Å²) < 4.78 is 41.1. The Balaban J connectivity index is 0.838. The minimum absolute atomic E-state index is 0.0568. The van der Waals surface area contributed by atoms with E-state index in [9.17, 15) is 14.4 Å². The summed E-state index contributed by atoms with van der Waals surface area (Å²) in [5, 5.41) is 9.84. The number of aromatic nitrogens is 5. The molecule has 14 nitrogen and oxygen atoms in total. The van der Waals surface area contributed by atoms with E-state index >= 15 is 8.78 Å². The average molecular weight is 847 g/mol. The zero-order valence-corrected chi connectivity index (χ0v) is 35.4. The van der Waals surface area contributed by atoms with Gasteiger partial charge in [-0.2, -0.15) is 5.10 Å². The molecule has 2 aromatic carbocycles. The largest absolute Gasteiger partial charge is 0.477 e. The van der Waals surface area contributed by atoms with Gasteiger partial charge in [0.2, 0.25) is 23.6 Å². The number of halogens is 2. The van der Waals surface area contributed by atoms with E-state index < -0.39 is 29.4 Å². The second kappa shape index (κ2) is 16.1. The SMILES string of the molecule is Cc1cc2cc(n1)-c1cnn(C)c1OC[C@H]1CCC(C1)Cn1c(nc3ccc(N4CCN(C5CCN(c6cc(F)c(C7CCC(=O)NC7=O)c(F)c6)CC5)[C@@H](C)C4)cc31)NC2=O. The van der Waals surface area contributed by atoms with Crippen LogP contribution in [0.4, 0.5) is 26.1 Å². The first-order valence-corrected chi connectivity index (χ1v) is 22.0. The summed E-state index contributed by atoms with van der Waals surface area (Å²) in [6.45, 7) is 9.37. The number of pyridine rings is 1. The standard InChI is InChI=1S/C46H52F2N10O4/c1-26-16-30-18-39(50-26)35-22-49-54(3)45(35)62-25-29-5-4-28(17-29)24-58-40-21-32(6-8-38(40)51-46(58)53-43(30)60)56-14-15-57(27(2)23-56)31-10-12-55(13-11-31)33-19-36(47)42(37(48)20-33)34-7-9-41(59)52-44(34)61/h6,8,16,18-22,27-29,31,34H,4-5,7,9-15,17,23-25H2,1-3H3,(H,51,53,60)(H,52,59,61)/t27-,28?,29-,34?/m0/s1. The highest BCUT2D eigenvalue weighted by atomic mass is 19.1. The number of carbonyl (C=O) groups is 3. The first-order valence-electron chi connectivity index (χ1n) is 22.0. The fourth-order valence-corrected chi connectivity index (χ4v) is 10.7. The highest BCUT2D eigenvalue weighted by Gasteiger charge is 2.36. The zero-order valence-electron chi connectivity index (χ0n) is 35.4. The molecule has 3 aromatic heterocycles. The molecule has 4 aliphatic heterocycles. The number of nitrogens with zero attached hydrogens (tertiary/aromatic N) is 8. The van der Waals surface area contributed by atoms with Crippen LogP contribution in [0.2, 0.25) is 0 Å². The van der Waals surface area contributed by atoms with Gasteiger partial charge in [0.05, 0.1) is 41.0 Å². The Bertz CT molecular complexity index is 2560. The third kappa shape index (κ3) is 7.55. The van der Waals surface area contributed by atoms with Crippen LogP contribution in [-0.2, 0) is 23.2 Å². The van der Waals surface area contributed by atoms with Crippen LogP contribution in [0.1, 0.15) is 79.4 Å². The van der Waals surface area contributed by atoms with Gasteiger partial charge in [-0.25, -0.2) is 18.4 Å². The number of rotatable bonds is 4. The van der Waals surface area contributed by atoms with Crippen molar-refractivity contribution >= 4 is 46.1 Å². The Kier molecular flexibility index (Phi) is 10.4. The van der Waals surface area contributed by atoms with Gasteiger partial charge < -0.3 is 19.1 Å². The van der Waals surface area contributed by atoms with E-state index in [4.69, 9.17) is 14.7 Å². The minimum atomic E-state index is -1.01. The van der Waals surface area contributed by atoms with Gasteiger partial charge in [0, 0.05) is 93.0 Å². The van der Waals surface area contributed by atoms with E-state index in [1.54, 1.807) is 23.0 Å². The molecule has 62 heavy (non-hydrogen) atoms. The summed E-state index contributed by atoms with van der Waals surface area (Å²) in [7, 11) is 1.87. The fourth-order valence-electron chi connectivity index (χ4n) is 10.7. The predicted molar refractivity (Wildman–Crippen MR) is 230 cm³/mol. The second-order valence-electron chi connectivity index (χ2n) is 18.0. The Morgan fingerprint density at radius 3 is 2.39 bits per heavy atom. The maximum Gasteiger partial charge on any atom is 0.258 e. The van der Waals surface area contributed by atoms with E-state index in [1.807, 2.05) is 18.9 Å². The van der Waals surface area contributed by atoms with Crippen LogP contribution in [0.15, 0.2) is 48.7 Å². The number of anilines is 3. The highest BCUT2D eigenvalue weighted by molar-refractivity contribution is 6.05. The number of ether oxygens (including phenoxy) is 1. The Morgan fingerprint density at radius 2 is 1.61 bits per heavy atom. The molecule has 5 aromatic rings. The van der Waals surface area contributed by atoms with Crippen LogP contribution >= 0.6 is 0 Å². The molecule has 10 rings (SSSR count). The van der Waals surface area contributed by atoms with Crippen molar-refractivity contribution in [1.82, 2.24) is 34.5 Å². The van der Waals surface area contributed by atoms with Crippen LogP contribution in [0.5, 0.6) is 5.88 Å². The molecule has 4 atom stereocenters. The smallest absolute Gasteiger partial charge is 0.258 e. The normalized spacial score (nSPS) is 23.9. The lowest BCUT2D eigenvalue weighted by Crippen LogP contribution is -2.57. The molecule has 1 aliphatic carbocycles. The van der Waals surface area contributed by atoms with Gasteiger partial charge in [-0.15, -0.1) is 0 Å². The van der Waals surface area contributed by atoms with Crippen LogP contribution < -0.4 is 25.2 Å². The topological polar surface area (TPSA) is 143 Å². The Labute approximate surface area is 358 Å². The van der Waals surface area contributed by atoms with Gasteiger partial charge in [-0.1, -0.05) is 0 Å². The number of carbonyl (C=O) groups excluding carboxylic acids is 3. The van der Waals surface area contributed by atoms with Gasteiger partial charge in [-0.3, -0.25) is 34.9 Å². The van der Waals surface area contributed by atoms with Gasteiger partial charge >= 0.3 is 0 Å². The van der Waals surface area contributed by atoms with Crippen molar-refractivity contribution in [3.8, 4) is 17.1 Å². The van der Waals surface area contributed by atoms with Crippen LogP contribution in [0, 0.1) is 30.4 Å². The molecule has 16 heteroatoms. The number of nitrogens with one attached hydrogen (secondary N) is 2. The summed E-state index contributed by atoms with van der Waals surface area (Å²) in [4.78, 5) is 54.7. The summed E-state index contributed by atoms with van der Waals surface area (Å²) in [6.07, 6.45) is 6.75. The van der Waals surface area contributed by atoms with Gasteiger partial charge in [0.15, 0.2) is 0 Å². The molecule has 4 fully saturated rings. The number of piperidine rings is 2. The monoisotopic (exact) mass is 846 g/mol. The third-order valence-corrected chi connectivity index (χ3v) is 13.9. The van der Waals surface area contributed by atoms with Crippen molar-refractivity contribution in [3.63, 3.8) is 0 Å². The zero-order chi connectivity index (χ0) is 42.8. The predicted octanol–water partition coefficient (Wildman–Crippen LogP) is 6.18. The maximum atomic E-state index is 15.4. The molecule has 324 valence electrons. The second-order valence-corrected chi connectivity index (χ2v) is 18.0. The molecule has 4 bridgehead atoms. The van der Waals surface area contributed by atoms with Gasteiger partial charge in [0.25, 0.3) is 5.91 Å². The number of amides is 3. The minimum Gasteiger partial charge on any atom is -0.477 e. The number of aryl methyl sites for hydroxylation is 2. The molecule has 0 spiro atoms. The van der Waals surface area contributed by atoms with Crippen LogP contribution in [0.3, 0.4) is 0 Å². The molecule has 1 saturated carbocycles. The van der Waals surface area contributed by atoms with Gasteiger partial charge in [0.1, 0.15) is 11.6 Å². The van der Waals surface area contributed by atoms with Crippen molar-refractivity contribution < 1.29 is 27.9 Å². The maximum absolute atomic E-state index is 15.4. The highest BCUT2D eigenvalue weighted by Crippen LogP contribution is 2.38. The van der Waals surface area contributed by atoms with E-state index in [2.05, 4.69) is 55.2 Å². The summed E-state index contributed by atoms with van der Waals surface area (Å²) >= 11 is 0. The summed E-state index contributed by atoms with van der Waals surface area (Å²) in [6, 6.07) is 13.3. The molecule has 5 aliphatic rings.